The first-order chi connectivity index (χ1) is 13.0. The van der Waals surface area contributed by atoms with Crippen molar-refractivity contribution in [1.29, 1.82) is 0 Å². The predicted molar refractivity (Wildman–Crippen MR) is 100 cm³/mol. The van der Waals surface area contributed by atoms with E-state index in [4.69, 9.17) is 4.74 Å². The van der Waals surface area contributed by atoms with Crippen LogP contribution in [0.1, 0.15) is 6.42 Å². The van der Waals surface area contributed by atoms with Gasteiger partial charge < -0.3 is 15.0 Å². The monoisotopic (exact) mass is 392 g/mol. The molecule has 1 fully saturated rings. The Bertz CT molecular complexity index is 830. The van der Waals surface area contributed by atoms with Gasteiger partial charge in [-0.1, -0.05) is 23.9 Å². The minimum Gasteiger partial charge on any atom is -0.495 e. The molecule has 0 spiro atoms. The molecule has 1 atom stereocenters. The average molecular weight is 392 g/mol. The Morgan fingerprint density at radius 1 is 1.22 bits per heavy atom. The second-order valence-corrected chi connectivity index (χ2v) is 7.03. The molecule has 2 aromatic carbocycles. The Hall–Kier alpha value is -2.61. The summed E-state index contributed by atoms with van der Waals surface area (Å²) < 4.78 is 30.0. The van der Waals surface area contributed by atoms with Crippen LogP contribution < -0.4 is 15.0 Å². The Balaban J connectivity index is 1.65. The van der Waals surface area contributed by atoms with E-state index >= 15 is 0 Å². The fourth-order valence-electron chi connectivity index (χ4n) is 2.93. The molecule has 1 saturated heterocycles. The van der Waals surface area contributed by atoms with Crippen molar-refractivity contribution >= 4 is 35.0 Å². The van der Waals surface area contributed by atoms with Crippen molar-refractivity contribution in [3.05, 3.63) is 48.5 Å². The second-order valence-electron chi connectivity index (χ2n) is 5.97. The van der Waals surface area contributed by atoms with Crippen molar-refractivity contribution in [2.45, 2.75) is 17.1 Å². The molecule has 1 heterocycles. The molecule has 2 aromatic rings. The molecule has 0 aliphatic carbocycles. The number of carbonyl (C=O) groups is 2. The van der Waals surface area contributed by atoms with Gasteiger partial charge in [0.05, 0.1) is 18.7 Å². The van der Waals surface area contributed by atoms with E-state index < -0.39 is 11.7 Å². The average Bonchev–Trinajstić information content (AvgIpc) is 3.04. The van der Waals surface area contributed by atoms with Crippen molar-refractivity contribution in [3.63, 3.8) is 0 Å². The molecule has 3 rings (SSSR count). The summed E-state index contributed by atoms with van der Waals surface area (Å²) in [6, 6.07) is 13.3. The van der Waals surface area contributed by atoms with Gasteiger partial charge in [0.25, 0.3) is 5.76 Å². The number of methoxy groups -OCH3 is 1. The SMILES string of the molecule is COc1ccccc1N1C[C@H](C(=O)Nc2ccc(SC(F)F)cc2)CC1=O. The lowest BCUT2D eigenvalue weighted by Crippen LogP contribution is -2.28. The van der Waals surface area contributed by atoms with E-state index in [1.54, 1.807) is 35.2 Å². The Labute approximate surface area is 159 Å². The third-order valence-corrected chi connectivity index (χ3v) is 4.94. The molecule has 0 aromatic heterocycles. The van der Waals surface area contributed by atoms with Crippen LogP contribution in [0, 0.1) is 5.92 Å². The lowest BCUT2D eigenvalue weighted by atomic mass is 10.1. The topological polar surface area (TPSA) is 58.6 Å². The number of ether oxygens (including phenoxy) is 1. The van der Waals surface area contributed by atoms with Crippen LogP contribution in [-0.4, -0.2) is 31.2 Å². The van der Waals surface area contributed by atoms with E-state index in [9.17, 15) is 18.4 Å². The number of para-hydroxylation sites is 2. The molecule has 0 bridgehead atoms. The number of anilines is 2. The summed E-state index contributed by atoms with van der Waals surface area (Å²) in [5, 5.41) is 2.74. The first-order valence-corrected chi connectivity index (χ1v) is 9.15. The van der Waals surface area contributed by atoms with Crippen LogP contribution >= 0.6 is 11.8 Å². The number of hydrogen-bond donors (Lipinski definition) is 1. The molecular formula is C19H18F2N2O3S. The molecule has 1 N–H and O–H groups in total. The van der Waals surface area contributed by atoms with Crippen LogP contribution in [0.2, 0.25) is 0 Å². The number of amides is 2. The normalized spacial score (nSPS) is 16.7. The van der Waals surface area contributed by atoms with Crippen LogP contribution in [0.4, 0.5) is 20.2 Å². The summed E-state index contributed by atoms with van der Waals surface area (Å²) in [5.41, 5.74) is 1.13. The van der Waals surface area contributed by atoms with Gasteiger partial charge in [0.1, 0.15) is 5.75 Å². The van der Waals surface area contributed by atoms with Crippen molar-refractivity contribution in [3.8, 4) is 5.75 Å². The van der Waals surface area contributed by atoms with Crippen LogP contribution in [-0.2, 0) is 9.59 Å². The highest BCUT2D eigenvalue weighted by Crippen LogP contribution is 2.33. The van der Waals surface area contributed by atoms with Gasteiger partial charge in [-0.05, 0) is 36.4 Å². The molecule has 2 amide bonds. The van der Waals surface area contributed by atoms with Gasteiger partial charge in [-0.2, -0.15) is 8.78 Å². The highest BCUT2D eigenvalue weighted by molar-refractivity contribution is 7.99. The summed E-state index contributed by atoms with van der Waals surface area (Å²) >= 11 is 0.444. The Morgan fingerprint density at radius 2 is 1.93 bits per heavy atom. The number of hydrogen-bond acceptors (Lipinski definition) is 4. The minimum atomic E-state index is -2.49. The molecule has 0 saturated carbocycles. The van der Waals surface area contributed by atoms with Crippen LogP contribution in [0.3, 0.4) is 0 Å². The number of thioether (sulfide) groups is 1. The minimum absolute atomic E-state index is 0.100. The van der Waals surface area contributed by atoms with E-state index in [2.05, 4.69) is 5.32 Å². The first kappa shape index (κ1) is 19.2. The van der Waals surface area contributed by atoms with Gasteiger partial charge in [-0.3, -0.25) is 9.59 Å². The van der Waals surface area contributed by atoms with Gasteiger partial charge in [0.15, 0.2) is 0 Å². The molecule has 8 heteroatoms. The van der Waals surface area contributed by atoms with Crippen LogP contribution in [0.15, 0.2) is 53.4 Å². The number of rotatable bonds is 6. The van der Waals surface area contributed by atoms with E-state index in [1.807, 2.05) is 6.07 Å². The highest BCUT2D eigenvalue weighted by atomic mass is 32.2. The fraction of sp³-hybridized carbons (Fsp3) is 0.263. The quantitative estimate of drug-likeness (QED) is 0.755. The molecule has 1 aliphatic rings. The third-order valence-electron chi connectivity index (χ3n) is 4.22. The van der Waals surface area contributed by atoms with Crippen molar-refractivity contribution in [2.75, 3.05) is 23.9 Å². The maximum absolute atomic E-state index is 12.5. The summed E-state index contributed by atoms with van der Waals surface area (Å²) in [4.78, 5) is 26.8. The molecule has 5 nitrogen and oxygen atoms in total. The molecule has 0 unspecified atom stereocenters. The standard InChI is InChI=1S/C19H18F2N2O3S/c1-26-16-5-3-2-4-15(16)23-11-12(10-17(23)24)18(25)22-13-6-8-14(9-7-13)27-19(20)21/h2-9,12,19H,10-11H2,1H3,(H,22,25)/t12-/m1/s1. The van der Waals surface area contributed by atoms with Crippen molar-refractivity contribution < 1.29 is 23.1 Å². The van der Waals surface area contributed by atoms with Gasteiger partial charge in [-0.15, -0.1) is 0 Å². The fourth-order valence-corrected chi connectivity index (χ4v) is 3.43. The van der Waals surface area contributed by atoms with Crippen LogP contribution in [0.5, 0.6) is 5.75 Å². The third kappa shape index (κ3) is 4.57. The molecular weight excluding hydrogens is 374 g/mol. The maximum Gasteiger partial charge on any atom is 0.288 e. The second kappa shape index (κ2) is 8.39. The molecule has 142 valence electrons. The number of nitrogens with one attached hydrogen (secondary N) is 1. The van der Waals surface area contributed by atoms with Gasteiger partial charge >= 0.3 is 0 Å². The number of halogens is 2. The predicted octanol–water partition coefficient (Wildman–Crippen LogP) is 4.00. The number of alkyl halides is 2. The summed E-state index contributed by atoms with van der Waals surface area (Å²) in [6.45, 7) is 0.254. The molecule has 0 radical (unpaired) electrons. The van der Waals surface area contributed by atoms with Gasteiger partial charge in [-0.25, -0.2) is 0 Å². The van der Waals surface area contributed by atoms with Gasteiger partial charge in [0.2, 0.25) is 11.8 Å². The van der Waals surface area contributed by atoms with Crippen LogP contribution in [0.25, 0.3) is 0 Å². The number of benzene rings is 2. The smallest absolute Gasteiger partial charge is 0.288 e. The Kier molecular flexibility index (Phi) is 5.95. The maximum atomic E-state index is 12.5. The summed E-state index contributed by atoms with van der Waals surface area (Å²) in [7, 11) is 1.53. The van der Waals surface area contributed by atoms with Crippen molar-refractivity contribution in [2.24, 2.45) is 5.92 Å². The zero-order valence-corrected chi connectivity index (χ0v) is 15.3. The summed E-state index contributed by atoms with van der Waals surface area (Å²) in [5.74, 6) is -2.86. The molecule has 1 aliphatic heterocycles. The zero-order valence-electron chi connectivity index (χ0n) is 14.5. The Morgan fingerprint density at radius 3 is 2.59 bits per heavy atom. The van der Waals surface area contributed by atoms with Gasteiger partial charge in [0, 0.05) is 23.5 Å². The lowest BCUT2D eigenvalue weighted by Gasteiger charge is -2.19. The summed E-state index contributed by atoms with van der Waals surface area (Å²) in [6.07, 6.45) is 0.100. The van der Waals surface area contributed by atoms with E-state index in [-0.39, 0.29) is 24.8 Å². The highest BCUT2D eigenvalue weighted by Gasteiger charge is 2.36. The number of carbonyl (C=O) groups excluding carboxylic acids is 2. The first-order valence-electron chi connectivity index (χ1n) is 8.27. The largest absolute Gasteiger partial charge is 0.495 e. The van der Waals surface area contributed by atoms with E-state index in [0.717, 1.165) is 0 Å². The van der Waals surface area contributed by atoms with E-state index in [1.165, 1.54) is 19.2 Å². The zero-order chi connectivity index (χ0) is 19.4. The molecule has 27 heavy (non-hydrogen) atoms. The lowest BCUT2D eigenvalue weighted by molar-refractivity contribution is -0.122. The van der Waals surface area contributed by atoms with Crippen molar-refractivity contribution in [1.82, 2.24) is 0 Å². The van der Waals surface area contributed by atoms with E-state index in [0.29, 0.717) is 33.8 Å². The number of nitrogens with zero attached hydrogens (tertiary/aromatic N) is 1.